The van der Waals surface area contributed by atoms with Crippen molar-refractivity contribution < 1.29 is 9.53 Å². The third kappa shape index (κ3) is 3.02. The summed E-state index contributed by atoms with van der Waals surface area (Å²) in [6.45, 7) is 0.531. The molecule has 1 aliphatic rings. The molecule has 1 amide bonds. The number of nitrogens with one attached hydrogen (secondary N) is 1. The molecule has 1 N–H and O–H groups in total. The second-order valence-corrected chi connectivity index (χ2v) is 6.29. The van der Waals surface area contributed by atoms with Crippen molar-refractivity contribution in [2.75, 3.05) is 12.4 Å². The van der Waals surface area contributed by atoms with E-state index in [-0.39, 0.29) is 12.1 Å². The van der Waals surface area contributed by atoms with Gasteiger partial charge >= 0.3 is 0 Å². The summed E-state index contributed by atoms with van der Waals surface area (Å²) >= 11 is 0. The minimum absolute atomic E-state index is 0.0241. The third-order valence-electron chi connectivity index (χ3n) is 4.63. The van der Waals surface area contributed by atoms with Crippen LogP contribution in [0.5, 0.6) is 5.75 Å². The van der Waals surface area contributed by atoms with Gasteiger partial charge in [0.15, 0.2) is 0 Å². The summed E-state index contributed by atoms with van der Waals surface area (Å²) in [5.41, 5.74) is 3.63. The standard InChI is InChI=1S/C22H20N2O2/c1-26-18-11-7-10-17(14-18)21-23-20-13-6-5-12-19(20)22(25)24(21)15-16-8-3-2-4-9-16/h2-14,21,23H,15H2,1H3/t21-/m1/s1. The summed E-state index contributed by atoms with van der Waals surface area (Å²) in [7, 11) is 1.65. The predicted molar refractivity (Wildman–Crippen MR) is 102 cm³/mol. The van der Waals surface area contributed by atoms with E-state index in [0.717, 1.165) is 22.6 Å². The van der Waals surface area contributed by atoms with Gasteiger partial charge in [0.1, 0.15) is 11.9 Å². The molecule has 1 atom stereocenters. The Hall–Kier alpha value is -3.27. The zero-order valence-corrected chi connectivity index (χ0v) is 14.6. The Balaban J connectivity index is 1.76. The summed E-state index contributed by atoms with van der Waals surface area (Å²) in [5, 5.41) is 3.51. The van der Waals surface area contributed by atoms with Gasteiger partial charge in [0, 0.05) is 12.2 Å². The van der Waals surface area contributed by atoms with Gasteiger partial charge in [-0.25, -0.2) is 0 Å². The van der Waals surface area contributed by atoms with E-state index in [0.29, 0.717) is 12.1 Å². The van der Waals surface area contributed by atoms with Crippen LogP contribution in [0.3, 0.4) is 0 Å². The first-order chi connectivity index (χ1) is 12.8. The van der Waals surface area contributed by atoms with Gasteiger partial charge in [-0.1, -0.05) is 54.6 Å². The van der Waals surface area contributed by atoms with E-state index in [9.17, 15) is 4.79 Å². The summed E-state index contributed by atoms with van der Waals surface area (Å²) in [6, 6.07) is 25.5. The van der Waals surface area contributed by atoms with Gasteiger partial charge in [0.25, 0.3) is 5.91 Å². The van der Waals surface area contributed by atoms with Crippen LogP contribution in [0.1, 0.15) is 27.7 Å². The quantitative estimate of drug-likeness (QED) is 0.760. The number of amides is 1. The lowest BCUT2D eigenvalue weighted by molar-refractivity contribution is 0.0666. The van der Waals surface area contributed by atoms with Crippen LogP contribution in [0.15, 0.2) is 78.9 Å². The zero-order valence-electron chi connectivity index (χ0n) is 14.6. The largest absolute Gasteiger partial charge is 0.497 e. The molecule has 3 aromatic carbocycles. The minimum atomic E-state index is -0.257. The van der Waals surface area contributed by atoms with Crippen molar-refractivity contribution in [3.05, 3.63) is 95.6 Å². The average molecular weight is 344 g/mol. The van der Waals surface area contributed by atoms with E-state index in [4.69, 9.17) is 4.74 Å². The molecule has 4 nitrogen and oxygen atoms in total. The SMILES string of the molecule is COc1cccc([C@@H]2Nc3ccccc3C(=O)N2Cc2ccccc2)c1. The topological polar surface area (TPSA) is 41.6 Å². The highest BCUT2D eigenvalue weighted by atomic mass is 16.5. The van der Waals surface area contributed by atoms with Gasteiger partial charge in [-0.15, -0.1) is 0 Å². The number of benzene rings is 3. The Bertz CT molecular complexity index is 924. The molecular weight excluding hydrogens is 324 g/mol. The molecule has 1 aliphatic heterocycles. The molecule has 0 bridgehead atoms. The molecule has 26 heavy (non-hydrogen) atoms. The molecule has 0 aliphatic carbocycles. The van der Waals surface area contributed by atoms with Crippen LogP contribution in [-0.4, -0.2) is 17.9 Å². The third-order valence-corrected chi connectivity index (χ3v) is 4.63. The van der Waals surface area contributed by atoms with E-state index < -0.39 is 0 Å². The number of methoxy groups -OCH3 is 1. The number of ether oxygens (including phenoxy) is 1. The molecule has 4 rings (SSSR count). The molecule has 0 saturated heterocycles. The number of rotatable bonds is 4. The van der Waals surface area contributed by atoms with Crippen molar-refractivity contribution in [1.82, 2.24) is 4.90 Å². The molecule has 1 heterocycles. The van der Waals surface area contributed by atoms with Crippen LogP contribution < -0.4 is 10.1 Å². The summed E-state index contributed by atoms with van der Waals surface area (Å²) in [4.78, 5) is 15.1. The molecule has 130 valence electrons. The van der Waals surface area contributed by atoms with E-state index in [2.05, 4.69) is 5.32 Å². The lowest BCUT2D eigenvalue weighted by Crippen LogP contribution is -2.42. The number of carbonyl (C=O) groups excluding carboxylic acids is 1. The van der Waals surface area contributed by atoms with Gasteiger partial charge in [-0.05, 0) is 35.4 Å². The van der Waals surface area contributed by atoms with Crippen LogP contribution in [0.4, 0.5) is 5.69 Å². The fraction of sp³-hybridized carbons (Fsp3) is 0.136. The van der Waals surface area contributed by atoms with Crippen LogP contribution in [0.25, 0.3) is 0 Å². The maximum Gasteiger partial charge on any atom is 0.258 e. The second kappa shape index (κ2) is 6.92. The Morgan fingerprint density at radius 1 is 0.962 bits per heavy atom. The van der Waals surface area contributed by atoms with Crippen molar-refractivity contribution in [3.8, 4) is 5.75 Å². The van der Waals surface area contributed by atoms with E-state index in [1.54, 1.807) is 7.11 Å². The van der Waals surface area contributed by atoms with Crippen LogP contribution in [0.2, 0.25) is 0 Å². The zero-order chi connectivity index (χ0) is 17.9. The predicted octanol–water partition coefficient (Wildman–Crippen LogP) is 4.46. The molecule has 3 aromatic rings. The number of fused-ring (bicyclic) bond motifs is 1. The summed E-state index contributed by atoms with van der Waals surface area (Å²) in [6.07, 6.45) is -0.257. The molecular formula is C22H20N2O2. The Morgan fingerprint density at radius 2 is 1.73 bits per heavy atom. The van der Waals surface area contributed by atoms with Gasteiger partial charge in [0.05, 0.1) is 12.7 Å². The van der Waals surface area contributed by atoms with Crippen molar-refractivity contribution in [3.63, 3.8) is 0 Å². The summed E-state index contributed by atoms with van der Waals surface area (Å²) < 4.78 is 5.36. The van der Waals surface area contributed by atoms with Crippen molar-refractivity contribution >= 4 is 11.6 Å². The fourth-order valence-electron chi connectivity index (χ4n) is 3.31. The molecule has 0 aromatic heterocycles. The molecule has 4 heteroatoms. The maximum atomic E-state index is 13.2. The smallest absolute Gasteiger partial charge is 0.258 e. The first kappa shape index (κ1) is 16.2. The highest BCUT2D eigenvalue weighted by Gasteiger charge is 2.32. The van der Waals surface area contributed by atoms with Gasteiger partial charge in [-0.2, -0.15) is 0 Å². The number of hydrogen-bond donors (Lipinski definition) is 1. The van der Waals surface area contributed by atoms with Crippen molar-refractivity contribution in [2.45, 2.75) is 12.7 Å². The first-order valence-electron chi connectivity index (χ1n) is 8.60. The number of anilines is 1. The number of carbonyl (C=O) groups is 1. The number of nitrogens with zero attached hydrogens (tertiary/aromatic N) is 1. The van der Waals surface area contributed by atoms with Crippen molar-refractivity contribution in [1.29, 1.82) is 0 Å². The molecule has 0 fully saturated rings. The van der Waals surface area contributed by atoms with Gasteiger partial charge in [-0.3, -0.25) is 4.79 Å². The van der Waals surface area contributed by atoms with Crippen LogP contribution >= 0.6 is 0 Å². The fourth-order valence-corrected chi connectivity index (χ4v) is 3.31. The maximum absolute atomic E-state index is 13.2. The second-order valence-electron chi connectivity index (χ2n) is 6.29. The highest BCUT2D eigenvalue weighted by molar-refractivity contribution is 6.01. The lowest BCUT2D eigenvalue weighted by atomic mass is 10.0. The Labute approximate surface area is 153 Å². The van der Waals surface area contributed by atoms with Crippen LogP contribution in [0, 0.1) is 0 Å². The average Bonchev–Trinajstić information content (AvgIpc) is 2.71. The van der Waals surface area contributed by atoms with Crippen LogP contribution in [-0.2, 0) is 6.54 Å². The Morgan fingerprint density at radius 3 is 2.54 bits per heavy atom. The molecule has 0 unspecified atom stereocenters. The van der Waals surface area contributed by atoms with E-state index >= 15 is 0 Å². The highest BCUT2D eigenvalue weighted by Crippen LogP contribution is 2.35. The number of hydrogen-bond acceptors (Lipinski definition) is 3. The molecule has 0 saturated carbocycles. The minimum Gasteiger partial charge on any atom is -0.497 e. The van der Waals surface area contributed by atoms with E-state index in [1.165, 1.54) is 0 Å². The monoisotopic (exact) mass is 344 g/mol. The summed E-state index contributed by atoms with van der Waals surface area (Å²) in [5.74, 6) is 0.797. The Kier molecular flexibility index (Phi) is 4.32. The van der Waals surface area contributed by atoms with E-state index in [1.807, 2.05) is 83.8 Å². The van der Waals surface area contributed by atoms with Gasteiger partial charge in [0.2, 0.25) is 0 Å². The lowest BCUT2D eigenvalue weighted by Gasteiger charge is -2.38. The number of para-hydroxylation sites is 1. The molecule has 0 spiro atoms. The van der Waals surface area contributed by atoms with Crippen molar-refractivity contribution in [2.24, 2.45) is 0 Å². The van der Waals surface area contributed by atoms with Gasteiger partial charge < -0.3 is 15.0 Å². The molecule has 0 radical (unpaired) electrons. The first-order valence-corrected chi connectivity index (χ1v) is 8.60. The normalized spacial score (nSPS) is 16.0.